The Kier molecular flexibility index (Phi) is 6.11. The maximum atomic E-state index is 12.2. The van der Waals surface area contributed by atoms with E-state index in [1.165, 1.54) is 6.20 Å². The topological polar surface area (TPSA) is 130 Å². The van der Waals surface area contributed by atoms with Gasteiger partial charge in [-0.05, 0) is 50.6 Å². The number of nitrogens with zero attached hydrogens (tertiary/aromatic N) is 1. The smallest absolute Gasteiger partial charge is 0.227 e. The summed E-state index contributed by atoms with van der Waals surface area (Å²) in [6.07, 6.45) is 2.83. The lowest BCUT2D eigenvalue weighted by Gasteiger charge is -2.14. The lowest BCUT2D eigenvalue weighted by molar-refractivity contribution is -0.119. The molecule has 2 heterocycles. The maximum Gasteiger partial charge on any atom is 0.227 e. The van der Waals surface area contributed by atoms with E-state index >= 15 is 0 Å². The lowest BCUT2D eigenvalue weighted by Crippen LogP contribution is -2.30. The number of nitrogen functional groups attached to an aromatic ring is 1. The molecule has 152 valence electrons. The average molecular weight is 395 g/mol. The Balaban J connectivity index is 1.72. The molecule has 2 amide bonds. The second kappa shape index (κ2) is 8.72. The molecule has 0 radical (unpaired) electrons. The molecule has 1 fully saturated rings. The van der Waals surface area contributed by atoms with Crippen molar-refractivity contribution in [3.05, 3.63) is 47.7 Å². The van der Waals surface area contributed by atoms with Gasteiger partial charge in [0, 0.05) is 41.9 Å². The van der Waals surface area contributed by atoms with E-state index in [2.05, 4.69) is 15.6 Å². The van der Waals surface area contributed by atoms with Crippen LogP contribution in [-0.2, 0) is 9.59 Å². The van der Waals surface area contributed by atoms with Gasteiger partial charge < -0.3 is 21.1 Å². The minimum absolute atomic E-state index is 0.00745. The van der Waals surface area contributed by atoms with Crippen molar-refractivity contribution in [3.63, 3.8) is 0 Å². The first-order chi connectivity index (χ1) is 13.8. The first-order valence-corrected chi connectivity index (χ1v) is 9.52. The standard InChI is InChI=1S/C21H25N5O3/c1-12(2)29-15-4-5-17(22)16(11-15)21(23)13-7-8-24-18(9-13)26-20(28)10-14-3-6-19(27)25-14/h4-5,7-9,11-12,14,23H,3,6,10,22H2,1-2H3,(H,25,27)(H,24,26,28). The summed E-state index contributed by atoms with van der Waals surface area (Å²) in [5, 5.41) is 14.0. The monoisotopic (exact) mass is 395 g/mol. The normalized spacial score (nSPS) is 15.8. The van der Waals surface area contributed by atoms with Crippen LogP contribution in [-0.4, -0.2) is 34.7 Å². The van der Waals surface area contributed by atoms with Crippen molar-refractivity contribution in [3.8, 4) is 5.75 Å². The van der Waals surface area contributed by atoms with Gasteiger partial charge in [-0.25, -0.2) is 4.98 Å². The Hall–Kier alpha value is -3.42. The number of ether oxygens (including phenoxy) is 1. The van der Waals surface area contributed by atoms with Crippen LogP contribution in [0.15, 0.2) is 36.5 Å². The van der Waals surface area contributed by atoms with Crippen molar-refractivity contribution >= 4 is 29.0 Å². The van der Waals surface area contributed by atoms with Crippen LogP contribution in [0.4, 0.5) is 11.5 Å². The minimum atomic E-state index is -0.236. The van der Waals surface area contributed by atoms with Gasteiger partial charge in [0.25, 0.3) is 0 Å². The molecule has 1 atom stereocenters. The van der Waals surface area contributed by atoms with Crippen LogP contribution in [0.1, 0.15) is 44.2 Å². The van der Waals surface area contributed by atoms with Gasteiger partial charge in [0.05, 0.1) is 11.8 Å². The molecule has 0 saturated carbocycles. The van der Waals surface area contributed by atoms with Gasteiger partial charge in [0.15, 0.2) is 0 Å². The number of nitrogens with one attached hydrogen (secondary N) is 3. The second-order valence-electron chi connectivity index (χ2n) is 7.28. The molecule has 8 nitrogen and oxygen atoms in total. The predicted octanol–water partition coefficient (Wildman–Crippen LogP) is 2.47. The highest BCUT2D eigenvalue weighted by atomic mass is 16.5. The summed E-state index contributed by atoms with van der Waals surface area (Å²) in [6, 6.07) is 8.38. The highest BCUT2D eigenvalue weighted by Crippen LogP contribution is 2.24. The Labute approximate surface area is 169 Å². The second-order valence-corrected chi connectivity index (χ2v) is 7.28. The molecular formula is C21H25N5O3. The summed E-state index contributed by atoms with van der Waals surface area (Å²) in [6.45, 7) is 3.85. The van der Waals surface area contributed by atoms with Crippen molar-refractivity contribution < 1.29 is 14.3 Å². The Morgan fingerprint density at radius 2 is 2.17 bits per heavy atom. The van der Waals surface area contributed by atoms with Crippen molar-refractivity contribution in [2.24, 2.45) is 0 Å². The number of rotatable bonds is 7. The molecule has 0 spiro atoms. The van der Waals surface area contributed by atoms with Crippen LogP contribution in [0.2, 0.25) is 0 Å². The molecule has 29 heavy (non-hydrogen) atoms. The zero-order chi connectivity index (χ0) is 21.0. The van der Waals surface area contributed by atoms with E-state index in [-0.39, 0.29) is 36.1 Å². The van der Waals surface area contributed by atoms with E-state index in [0.717, 1.165) is 0 Å². The van der Waals surface area contributed by atoms with Crippen LogP contribution >= 0.6 is 0 Å². The highest BCUT2D eigenvalue weighted by molar-refractivity contribution is 6.14. The molecule has 1 aliphatic heterocycles. The number of anilines is 2. The fraction of sp³-hybridized carbons (Fsp3) is 0.333. The van der Waals surface area contributed by atoms with Gasteiger partial charge in [-0.3, -0.25) is 15.0 Å². The van der Waals surface area contributed by atoms with Gasteiger partial charge >= 0.3 is 0 Å². The highest BCUT2D eigenvalue weighted by Gasteiger charge is 2.23. The van der Waals surface area contributed by atoms with Gasteiger partial charge in [-0.2, -0.15) is 0 Å². The third-order valence-corrected chi connectivity index (χ3v) is 4.50. The molecule has 0 aliphatic carbocycles. The van der Waals surface area contributed by atoms with Crippen molar-refractivity contribution in [1.82, 2.24) is 10.3 Å². The third kappa shape index (κ3) is 5.31. The number of nitrogens with two attached hydrogens (primary N) is 1. The summed E-state index contributed by atoms with van der Waals surface area (Å²) in [7, 11) is 0. The molecule has 2 aromatic rings. The zero-order valence-corrected chi connectivity index (χ0v) is 16.5. The zero-order valence-electron chi connectivity index (χ0n) is 16.5. The molecule has 1 saturated heterocycles. The van der Waals surface area contributed by atoms with Crippen LogP contribution in [0.3, 0.4) is 0 Å². The number of carbonyl (C=O) groups is 2. The fourth-order valence-electron chi connectivity index (χ4n) is 3.16. The van der Waals surface area contributed by atoms with Crippen LogP contribution in [0, 0.1) is 5.41 Å². The van der Waals surface area contributed by atoms with Gasteiger partial charge in [0.2, 0.25) is 11.8 Å². The van der Waals surface area contributed by atoms with Crippen molar-refractivity contribution in [2.75, 3.05) is 11.1 Å². The first kappa shape index (κ1) is 20.3. The number of benzene rings is 1. The van der Waals surface area contributed by atoms with Crippen LogP contribution in [0.25, 0.3) is 0 Å². The van der Waals surface area contributed by atoms with Gasteiger partial charge in [0.1, 0.15) is 11.6 Å². The number of pyridine rings is 1. The van der Waals surface area contributed by atoms with E-state index in [4.69, 9.17) is 15.9 Å². The molecule has 8 heteroatoms. The predicted molar refractivity (Wildman–Crippen MR) is 111 cm³/mol. The fourth-order valence-corrected chi connectivity index (χ4v) is 3.16. The number of hydrogen-bond donors (Lipinski definition) is 4. The van der Waals surface area contributed by atoms with E-state index in [9.17, 15) is 9.59 Å². The number of hydrogen-bond acceptors (Lipinski definition) is 6. The van der Waals surface area contributed by atoms with Crippen LogP contribution < -0.4 is 21.1 Å². The Morgan fingerprint density at radius 1 is 1.38 bits per heavy atom. The molecule has 0 bridgehead atoms. The van der Waals surface area contributed by atoms with Crippen molar-refractivity contribution in [1.29, 1.82) is 5.41 Å². The summed E-state index contributed by atoms with van der Waals surface area (Å²) < 4.78 is 5.69. The van der Waals surface area contributed by atoms with Crippen molar-refractivity contribution in [2.45, 2.75) is 45.3 Å². The number of carbonyl (C=O) groups excluding carboxylic acids is 2. The average Bonchev–Trinajstić information content (AvgIpc) is 3.07. The molecule has 1 aromatic heterocycles. The molecule has 3 rings (SSSR count). The largest absolute Gasteiger partial charge is 0.491 e. The maximum absolute atomic E-state index is 12.2. The first-order valence-electron chi connectivity index (χ1n) is 9.52. The van der Waals surface area contributed by atoms with Crippen LogP contribution in [0.5, 0.6) is 5.75 Å². The molecule has 5 N–H and O–H groups in total. The quantitative estimate of drug-likeness (QED) is 0.423. The van der Waals surface area contributed by atoms with E-state index in [1.54, 1.807) is 30.3 Å². The molecule has 1 aromatic carbocycles. The third-order valence-electron chi connectivity index (χ3n) is 4.50. The summed E-state index contributed by atoms with van der Waals surface area (Å²) in [5.74, 6) is 0.711. The SMILES string of the molecule is CC(C)Oc1ccc(N)c(C(=N)c2ccnc(NC(=O)CC3CCC(=O)N3)c2)c1. The summed E-state index contributed by atoms with van der Waals surface area (Å²) in [4.78, 5) is 27.6. The Morgan fingerprint density at radius 3 is 2.86 bits per heavy atom. The number of amides is 2. The molecule has 1 unspecified atom stereocenters. The molecule has 1 aliphatic rings. The number of aromatic nitrogens is 1. The molecular weight excluding hydrogens is 370 g/mol. The van der Waals surface area contributed by atoms with E-state index in [0.29, 0.717) is 41.2 Å². The summed E-state index contributed by atoms with van der Waals surface area (Å²) in [5.41, 5.74) is 7.84. The van der Waals surface area contributed by atoms with Gasteiger partial charge in [-0.15, -0.1) is 0 Å². The lowest BCUT2D eigenvalue weighted by atomic mass is 10.0. The van der Waals surface area contributed by atoms with E-state index < -0.39 is 0 Å². The van der Waals surface area contributed by atoms with E-state index in [1.807, 2.05) is 13.8 Å². The minimum Gasteiger partial charge on any atom is -0.491 e. The Bertz CT molecular complexity index is 942. The summed E-state index contributed by atoms with van der Waals surface area (Å²) >= 11 is 0. The van der Waals surface area contributed by atoms with Gasteiger partial charge in [-0.1, -0.05) is 0 Å².